The van der Waals surface area contributed by atoms with Crippen LogP contribution in [0, 0.1) is 13.8 Å². The fraction of sp³-hybridized carbons (Fsp3) is 0.194. The first-order chi connectivity index (χ1) is 19.7. The van der Waals surface area contributed by atoms with E-state index in [0.29, 0.717) is 11.3 Å². The van der Waals surface area contributed by atoms with E-state index in [4.69, 9.17) is 34.4 Å². The molecule has 11 nitrogen and oxygen atoms in total. The molecule has 43 heavy (non-hydrogen) atoms. The van der Waals surface area contributed by atoms with Crippen LogP contribution in [0.1, 0.15) is 31.9 Å². The van der Waals surface area contributed by atoms with E-state index in [1.165, 1.54) is 7.11 Å². The summed E-state index contributed by atoms with van der Waals surface area (Å²) < 4.78 is 5.17. The summed E-state index contributed by atoms with van der Waals surface area (Å²) in [4.78, 5) is 35.7. The number of para-hydroxylation sites is 1. The van der Waals surface area contributed by atoms with Crippen LogP contribution in [0.15, 0.2) is 67.0 Å². The number of pyridine rings is 2. The number of carbonyl (C=O) groups excluding carboxylic acids is 3. The molecule has 0 aliphatic rings. The average molecular weight is 631 g/mol. The second-order valence-corrected chi connectivity index (χ2v) is 8.60. The van der Waals surface area contributed by atoms with Crippen molar-refractivity contribution in [1.82, 2.24) is 9.97 Å². The Morgan fingerprint density at radius 3 is 1.47 bits per heavy atom. The normalized spacial score (nSPS) is 9.26. The molecule has 2 heterocycles. The van der Waals surface area contributed by atoms with Gasteiger partial charge in [-0.05, 0) is 63.9 Å². The van der Waals surface area contributed by atoms with Crippen LogP contribution in [0.25, 0.3) is 33.6 Å². The standard InChI is InChI=1S/C25H22N2O3.3C2H4O2.Mn/c1-15-7-10-20(24(28)16(15)2)18-9-12-22(27-14-18)21-11-8-17(13-26-21)19-5-4-6-23(30-3)25(19)29;3*1-2(3)4;/h4-14,28-29H,1-3H3;3*1H3,(H,3,4);/q;;;;+3/p-3. The minimum atomic E-state index is -1.08. The maximum absolute atomic E-state index is 10.4. The van der Waals surface area contributed by atoms with Gasteiger partial charge in [-0.15, -0.1) is 0 Å². The number of aromatic hydroxyl groups is 2. The molecule has 0 amide bonds. The Kier molecular flexibility index (Phi) is 16.4. The Bertz CT molecular complexity index is 1470. The predicted molar refractivity (Wildman–Crippen MR) is 150 cm³/mol. The molecule has 226 valence electrons. The van der Waals surface area contributed by atoms with Gasteiger partial charge < -0.3 is 44.7 Å². The number of aliphatic carboxylic acids is 3. The molecule has 4 rings (SSSR count). The molecule has 0 saturated carbocycles. The number of phenolic OH excluding ortho intramolecular Hbond substituents is 2. The smallest absolute Gasteiger partial charge is 0.550 e. The Morgan fingerprint density at radius 2 is 1.09 bits per heavy atom. The number of carboxylic acid groups (broad SMARTS) is 3. The molecule has 0 spiro atoms. The summed E-state index contributed by atoms with van der Waals surface area (Å²) in [5.41, 5.74) is 6.40. The topological polar surface area (TPSA) is 196 Å². The molecule has 0 aliphatic heterocycles. The SMILES string of the molecule is CC(=O)[O-].CC(=O)[O-].CC(=O)[O-].COc1cccc(-c2ccc(-c3ccc(-c4ccc(C)c(C)c4O)cn3)nc2)c1O.[Mn+3]. The number of benzene rings is 2. The number of rotatable bonds is 4. The molecule has 0 bridgehead atoms. The quantitative estimate of drug-likeness (QED) is 0.312. The van der Waals surface area contributed by atoms with Gasteiger partial charge in [-0.3, -0.25) is 9.97 Å². The molecule has 2 aromatic heterocycles. The summed E-state index contributed by atoms with van der Waals surface area (Å²) in [6.45, 7) is 6.79. The van der Waals surface area contributed by atoms with Gasteiger partial charge in [0.25, 0.3) is 0 Å². The first kappa shape index (κ1) is 38.1. The van der Waals surface area contributed by atoms with Gasteiger partial charge in [0.05, 0.1) is 18.5 Å². The zero-order valence-corrected chi connectivity index (χ0v) is 25.6. The number of hydrogen-bond acceptors (Lipinski definition) is 11. The summed E-state index contributed by atoms with van der Waals surface area (Å²) >= 11 is 0. The van der Waals surface area contributed by atoms with E-state index in [0.717, 1.165) is 60.0 Å². The zero-order valence-electron chi connectivity index (χ0n) is 24.4. The monoisotopic (exact) mass is 630 g/mol. The van der Waals surface area contributed by atoms with E-state index in [2.05, 4.69) is 9.97 Å². The molecule has 0 radical (unpaired) electrons. The Morgan fingerprint density at radius 1 is 0.674 bits per heavy atom. The van der Waals surface area contributed by atoms with Gasteiger partial charge >= 0.3 is 17.1 Å². The van der Waals surface area contributed by atoms with Gasteiger partial charge in [0.1, 0.15) is 5.75 Å². The number of hydrogen-bond donors (Lipinski definition) is 2. The minimum absolute atomic E-state index is 0. The van der Waals surface area contributed by atoms with Crippen LogP contribution in [0.3, 0.4) is 0 Å². The van der Waals surface area contributed by atoms with E-state index in [1.807, 2.05) is 62.4 Å². The number of aryl methyl sites for hydroxylation is 1. The largest absolute Gasteiger partial charge is 3.00 e. The number of carboxylic acids is 3. The zero-order chi connectivity index (χ0) is 32.0. The van der Waals surface area contributed by atoms with Crippen LogP contribution in [0.5, 0.6) is 17.2 Å². The van der Waals surface area contributed by atoms with Crippen LogP contribution in [0.2, 0.25) is 0 Å². The summed E-state index contributed by atoms with van der Waals surface area (Å²) in [6, 6.07) is 16.8. The van der Waals surface area contributed by atoms with Crippen LogP contribution >= 0.6 is 0 Å². The Hall–Kier alpha value is -4.93. The van der Waals surface area contributed by atoms with Crippen LogP contribution in [0.4, 0.5) is 0 Å². The van der Waals surface area contributed by atoms with Crippen molar-refractivity contribution < 1.29 is 61.7 Å². The summed E-state index contributed by atoms with van der Waals surface area (Å²) in [7, 11) is 1.52. The molecule has 0 aliphatic carbocycles. The average Bonchev–Trinajstić information content (AvgIpc) is 2.91. The first-order valence-electron chi connectivity index (χ1n) is 12.3. The third kappa shape index (κ3) is 12.6. The van der Waals surface area contributed by atoms with Gasteiger partial charge in [0, 0.05) is 52.6 Å². The van der Waals surface area contributed by atoms with E-state index in [1.54, 1.807) is 18.5 Å². The first-order valence-corrected chi connectivity index (χ1v) is 12.3. The number of nitrogens with zero attached hydrogens (tertiary/aromatic N) is 2. The van der Waals surface area contributed by atoms with Gasteiger partial charge in [-0.1, -0.05) is 36.4 Å². The van der Waals surface area contributed by atoms with Crippen LogP contribution < -0.4 is 20.1 Å². The summed E-state index contributed by atoms with van der Waals surface area (Å²) in [5.74, 6) is -2.46. The Balaban J connectivity index is 0.00000116. The van der Waals surface area contributed by atoms with E-state index >= 15 is 0 Å². The molecular formula is C31H31MnN2O9. The molecule has 0 fully saturated rings. The molecule has 4 aromatic rings. The van der Waals surface area contributed by atoms with E-state index in [-0.39, 0.29) is 28.6 Å². The third-order valence-electron chi connectivity index (χ3n) is 5.33. The van der Waals surface area contributed by atoms with Crippen LogP contribution in [-0.4, -0.2) is 45.2 Å². The van der Waals surface area contributed by atoms with Gasteiger partial charge in [0.2, 0.25) is 0 Å². The van der Waals surface area contributed by atoms with Gasteiger partial charge in [-0.25, -0.2) is 0 Å². The predicted octanol–water partition coefficient (Wildman–Crippen LogP) is 1.78. The number of phenols is 2. The fourth-order valence-electron chi connectivity index (χ4n) is 3.36. The van der Waals surface area contributed by atoms with Crippen molar-refractivity contribution in [3.63, 3.8) is 0 Å². The molecular weight excluding hydrogens is 599 g/mol. The van der Waals surface area contributed by atoms with Crippen molar-refractivity contribution in [2.45, 2.75) is 34.6 Å². The summed E-state index contributed by atoms with van der Waals surface area (Å²) in [6.07, 6.45) is 3.44. The summed E-state index contributed by atoms with van der Waals surface area (Å²) in [5, 5.41) is 47.5. The Labute approximate surface area is 260 Å². The fourth-order valence-corrected chi connectivity index (χ4v) is 3.36. The van der Waals surface area contributed by atoms with E-state index in [9.17, 15) is 10.2 Å². The van der Waals surface area contributed by atoms with Gasteiger partial charge in [0.15, 0.2) is 11.5 Å². The third-order valence-corrected chi connectivity index (χ3v) is 5.33. The van der Waals surface area contributed by atoms with E-state index < -0.39 is 17.9 Å². The number of methoxy groups -OCH3 is 1. The molecule has 12 heteroatoms. The van der Waals surface area contributed by atoms with Crippen molar-refractivity contribution in [3.05, 3.63) is 78.1 Å². The number of aromatic nitrogens is 2. The second kappa shape index (κ2) is 18.5. The molecule has 0 atom stereocenters. The van der Waals surface area contributed by atoms with Crippen molar-refractivity contribution >= 4 is 17.9 Å². The maximum atomic E-state index is 10.4. The molecule has 0 saturated heterocycles. The molecule has 2 N–H and O–H groups in total. The van der Waals surface area contributed by atoms with Crippen molar-refractivity contribution in [1.29, 1.82) is 0 Å². The number of ether oxygens (including phenoxy) is 1. The van der Waals surface area contributed by atoms with Gasteiger partial charge in [-0.2, -0.15) is 0 Å². The van der Waals surface area contributed by atoms with Crippen molar-refractivity contribution in [2.75, 3.05) is 7.11 Å². The van der Waals surface area contributed by atoms with Crippen LogP contribution in [-0.2, 0) is 31.5 Å². The molecule has 2 aromatic carbocycles. The molecule has 0 unspecified atom stereocenters. The minimum Gasteiger partial charge on any atom is -0.550 e. The van der Waals surface area contributed by atoms with Crippen molar-refractivity contribution in [2.24, 2.45) is 0 Å². The second-order valence-electron chi connectivity index (χ2n) is 8.60. The maximum Gasteiger partial charge on any atom is 3.00 e. The number of carbonyl (C=O) groups is 3. The van der Waals surface area contributed by atoms with Crippen molar-refractivity contribution in [3.8, 4) is 50.9 Å².